The predicted molar refractivity (Wildman–Crippen MR) is 134 cm³/mol. The van der Waals surface area contributed by atoms with Crippen LogP contribution >= 0.6 is 11.6 Å². The molecule has 0 aliphatic carbocycles. The number of aryl methyl sites for hydroxylation is 2. The highest BCUT2D eigenvalue weighted by Gasteiger charge is 2.20. The van der Waals surface area contributed by atoms with Crippen LogP contribution in [-0.2, 0) is 10.0 Å². The first kappa shape index (κ1) is 23.7. The quantitative estimate of drug-likeness (QED) is 0.374. The summed E-state index contributed by atoms with van der Waals surface area (Å²) >= 11 is 5.96. The van der Waals surface area contributed by atoms with E-state index >= 15 is 0 Å². The van der Waals surface area contributed by atoms with E-state index in [-0.39, 0.29) is 16.8 Å². The van der Waals surface area contributed by atoms with Gasteiger partial charge in [0.05, 0.1) is 28.0 Å². The maximum Gasteiger partial charge on any atom is 0.262 e. The summed E-state index contributed by atoms with van der Waals surface area (Å²) in [5.74, 6) is -0.390. The number of nitrogens with zero attached hydrogens (tertiary/aromatic N) is 3. The number of hydrogen-bond acceptors (Lipinski definition) is 5. The molecule has 0 aliphatic heterocycles. The molecule has 0 atom stereocenters. The lowest BCUT2D eigenvalue weighted by atomic mass is 10.1. The number of carbonyl (C=O) groups excluding carboxylic acids is 1. The van der Waals surface area contributed by atoms with Crippen LogP contribution in [0.4, 0.5) is 11.4 Å². The average molecular weight is 498 g/mol. The van der Waals surface area contributed by atoms with Gasteiger partial charge >= 0.3 is 0 Å². The van der Waals surface area contributed by atoms with E-state index in [1.165, 1.54) is 12.1 Å². The number of rotatable bonds is 6. The zero-order chi connectivity index (χ0) is 24.6. The van der Waals surface area contributed by atoms with E-state index in [0.717, 1.165) is 5.39 Å². The van der Waals surface area contributed by atoms with Crippen LogP contribution in [0.5, 0.6) is 0 Å². The van der Waals surface area contributed by atoms with Gasteiger partial charge in [-0.3, -0.25) is 9.52 Å². The van der Waals surface area contributed by atoms with Crippen molar-refractivity contribution in [2.75, 3.05) is 10.0 Å². The van der Waals surface area contributed by atoms with E-state index in [1.54, 1.807) is 61.1 Å². The van der Waals surface area contributed by atoms with Crippen molar-refractivity contribution in [2.24, 2.45) is 0 Å². The Morgan fingerprint density at radius 1 is 1.06 bits per heavy atom. The zero-order valence-corrected chi connectivity index (χ0v) is 20.7. The fraction of sp³-hybridized carbons (Fsp3) is 0.208. The third-order valence-electron chi connectivity index (χ3n) is 5.31. The van der Waals surface area contributed by atoms with E-state index in [9.17, 15) is 13.2 Å². The molecule has 1 amide bonds. The summed E-state index contributed by atoms with van der Waals surface area (Å²) in [5.41, 5.74) is 2.87. The first-order valence-electron chi connectivity index (χ1n) is 10.6. The van der Waals surface area contributed by atoms with Crippen LogP contribution in [0.3, 0.4) is 0 Å². The lowest BCUT2D eigenvalue weighted by Gasteiger charge is -2.13. The Labute approximate surface area is 203 Å². The summed E-state index contributed by atoms with van der Waals surface area (Å²) in [5, 5.41) is 8.30. The van der Waals surface area contributed by atoms with E-state index in [4.69, 9.17) is 11.6 Å². The van der Waals surface area contributed by atoms with Crippen molar-refractivity contribution >= 4 is 49.9 Å². The van der Waals surface area contributed by atoms with Crippen molar-refractivity contribution in [1.82, 2.24) is 14.8 Å². The van der Waals surface area contributed by atoms with Crippen LogP contribution in [0, 0.1) is 13.8 Å². The predicted octanol–water partition coefficient (Wildman–Crippen LogP) is 5.34. The van der Waals surface area contributed by atoms with E-state index in [0.29, 0.717) is 38.9 Å². The van der Waals surface area contributed by atoms with Crippen molar-refractivity contribution in [3.63, 3.8) is 0 Å². The van der Waals surface area contributed by atoms with Gasteiger partial charge in [-0.1, -0.05) is 23.7 Å². The molecule has 4 aromatic rings. The summed E-state index contributed by atoms with van der Waals surface area (Å²) in [6, 6.07) is 13.0. The van der Waals surface area contributed by atoms with E-state index < -0.39 is 10.0 Å². The highest BCUT2D eigenvalue weighted by Crippen LogP contribution is 2.25. The second-order valence-corrected chi connectivity index (χ2v) is 10.4. The van der Waals surface area contributed by atoms with E-state index in [1.807, 2.05) is 13.8 Å². The molecule has 0 spiro atoms. The Morgan fingerprint density at radius 3 is 2.53 bits per heavy atom. The highest BCUT2D eigenvalue weighted by molar-refractivity contribution is 7.92. The molecule has 0 aliphatic rings. The zero-order valence-electron chi connectivity index (χ0n) is 19.1. The van der Waals surface area contributed by atoms with Gasteiger partial charge in [-0.2, -0.15) is 5.10 Å². The minimum Gasteiger partial charge on any atom is -0.322 e. The van der Waals surface area contributed by atoms with Crippen LogP contribution in [0.25, 0.3) is 11.0 Å². The Balaban J connectivity index is 1.62. The lowest BCUT2D eigenvalue weighted by Crippen LogP contribution is -2.17. The van der Waals surface area contributed by atoms with Crippen LogP contribution in [0.2, 0.25) is 5.02 Å². The molecule has 0 radical (unpaired) electrons. The van der Waals surface area contributed by atoms with Gasteiger partial charge in [0.2, 0.25) is 0 Å². The normalized spacial score (nSPS) is 11.7. The SMILES string of the molecule is Cc1ccc(NC(=O)c2cc3cnn(C(C)C)c3nc2C)cc1S(=O)(=O)Nc1cccc(Cl)c1. The van der Waals surface area contributed by atoms with Gasteiger partial charge in [0.25, 0.3) is 15.9 Å². The molecule has 0 bridgehead atoms. The minimum atomic E-state index is -3.91. The average Bonchev–Trinajstić information content (AvgIpc) is 3.17. The Bertz CT molecular complexity index is 1510. The van der Waals surface area contributed by atoms with Crippen LogP contribution in [0.1, 0.15) is 41.5 Å². The molecule has 0 fully saturated rings. The van der Waals surface area contributed by atoms with Crippen LogP contribution < -0.4 is 10.0 Å². The molecule has 2 aromatic carbocycles. The molecule has 8 nitrogen and oxygen atoms in total. The molecule has 2 N–H and O–H groups in total. The second-order valence-electron chi connectivity index (χ2n) is 8.27. The fourth-order valence-electron chi connectivity index (χ4n) is 3.60. The van der Waals surface area contributed by atoms with Gasteiger partial charge in [0.15, 0.2) is 5.65 Å². The molecule has 2 aromatic heterocycles. The number of amides is 1. The third kappa shape index (κ3) is 4.76. The van der Waals surface area contributed by atoms with Crippen molar-refractivity contribution in [1.29, 1.82) is 0 Å². The van der Waals surface area contributed by atoms with Crippen LogP contribution in [0.15, 0.2) is 59.6 Å². The van der Waals surface area contributed by atoms with Gasteiger partial charge in [-0.15, -0.1) is 0 Å². The summed E-state index contributed by atoms with van der Waals surface area (Å²) in [6.45, 7) is 7.46. The van der Waals surface area contributed by atoms with Gasteiger partial charge in [0.1, 0.15) is 0 Å². The number of pyridine rings is 1. The number of benzene rings is 2. The molecule has 0 saturated heterocycles. The Hall–Kier alpha value is -3.43. The van der Waals surface area contributed by atoms with Crippen molar-refractivity contribution in [3.05, 3.63) is 76.6 Å². The molecule has 4 rings (SSSR count). The van der Waals surface area contributed by atoms with Crippen molar-refractivity contribution in [3.8, 4) is 0 Å². The van der Waals surface area contributed by atoms with Gasteiger partial charge in [-0.05, 0) is 69.7 Å². The van der Waals surface area contributed by atoms with Crippen LogP contribution in [-0.4, -0.2) is 29.1 Å². The Kier molecular flexibility index (Phi) is 6.33. The summed E-state index contributed by atoms with van der Waals surface area (Å²) in [4.78, 5) is 17.7. The minimum absolute atomic E-state index is 0.0498. The maximum atomic E-state index is 13.0. The second kappa shape index (κ2) is 9.08. The molecule has 0 saturated carbocycles. The summed E-state index contributed by atoms with van der Waals surface area (Å²) in [6.07, 6.45) is 1.68. The number of sulfonamides is 1. The number of fused-ring (bicyclic) bond motifs is 1. The Morgan fingerprint density at radius 2 is 1.82 bits per heavy atom. The van der Waals surface area contributed by atoms with Gasteiger partial charge in [-0.25, -0.2) is 18.1 Å². The number of carbonyl (C=O) groups is 1. The molecular formula is C24H24ClN5O3S. The van der Waals surface area contributed by atoms with Gasteiger partial charge < -0.3 is 5.32 Å². The maximum absolute atomic E-state index is 13.0. The molecule has 0 unspecified atom stereocenters. The largest absolute Gasteiger partial charge is 0.322 e. The molecular weight excluding hydrogens is 474 g/mol. The van der Waals surface area contributed by atoms with Crippen molar-refractivity contribution in [2.45, 2.75) is 38.6 Å². The topological polar surface area (TPSA) is 106 Å². The molecule has 2 heterocycles. The van der Waals surface area contributed by atoms with Gasteiger partial charge in [0, 0.05) is 22.1 Å². The number of hydrogen-bond donors (Lipinski definition) is 2. The third-order valence-corrected chi connectivity index (χ3v) is 7.06. The monoisotopic (exact) mass is 497 g/mol. The fourth-order valence-corrected chi connectivity index (χ4v) is 5.11. The number of aromatic nitrogens is 3. The lowest BCUT2D eigenvalue weighted by molar-refractivity contribution is 0.102. The summed E-state index contributed by atoms with van der Waals surface area (Å²) < 4.78 is 30.4. The first-order chi connectivity index (χ1) is 16.0. The standard InChI is InChI=1S/C24H24ClN5O3S/c1-14(2)30-23-17(13-26-30)10-21(16(4)27-23)24(31)28-19-9-8-15(3)22(12-19)34(32,33)29-20-7-5-6-18(25)11-20/h5-14,29H,1-4H3,(H,28,31). The number of nitrogens with one attached hydrogen (secondary N) is 2. The summed E-state index contributed by atoms with van der Waals surface area (Å²) in [7, 11) is -3.91. The number of halogens is 1. The molecule has 10 heteroatoms. The smallest absolute Gasteiger partial charge is 0.262 e. The van der Waals surface area contributed by atoms with Crippen molar-refractivity contribution < 1.29 is 13.2 Å². The molecule has 176 valence electrons. The highest BCUT2D eigenvalue weighted by atomic mass is 35.5. The number of anilines is 2. The molecule has 34 heavy (non-hydrogen) atoms. The first-order valence-corrected chi connectivity index (χ1v) is 12.5. The van der Waals surface area contributed by atoms with E-state index in [2.05, 4.69) is 20.1 Å².